The molecule has 1 saturated carbocycles. The Balaban J connectivity index is 1.67. The standard InChI is InChI=1S/C16H17N3O/c1-12-4-2-6-14(19-12)15(20)18-11-16(7-8-16)13-5-3-9-17-10-13/h2-6,9-10H,7-8,11H2,1H3,(H,18,20). The van der Waals surface area contributed by atoms with Gasteiger partial charge in [0.25, 0.3) is 5.91 Å². The summed E-state index contributed by atoms with van der Waals surface area (Å²) >= 11 is 0. The van der Waals surface area contributed by atoms with Crippen molar-refractivity contribution < 1.29 is 4.79 Å². The van der Waals surface area contributed by atoms with Crippen molar-refractivity contribution in [3.05, 3.63) is 59.7 Å². The van der Waals surface area contributed by atoms with Gasteiger partial charge in [0.05, 0.1) is 0 Å². The minimum Gasteiger partial charge on any atom is -0.350 e. The monoisotopic (exact) mass is 267 g/mol. The van der Waals surface area contributed by atoms with Crippen molar-refractivity contribution in [1.29, 1.82) is 0 Å². The summed E-state index contributed by atoms with van der Waals surface area (Å²) < 4.78 is 0. The van der Waals surface area contributed by atoms with E-state index in [9.17, 15) is 4.79 Å². The Kier molecular flexibility index (Phi) is 3.22. The number of hydrogen-bond acceptors (Lipinski definition) is 3. The fourth-order valence-corrected chi connectivity index (χ4v) is 2.40. The molecule has 0 aromatic carbocycles. The Morgan fingerprint density at radius 3 is 2.80 bits per heavy atom. The van der Waals surface area contributed by atoms with E-state index < -0.39 is 0 Å². The van der Waals surface area contributed by atoms with Crippen LogP contribution in [0.2, 0.25) is 0 Å². The van der Waals surface area contributed by atoms with Crippen LogP contribution < -0.4 is 5.32 Å². The molecule has 102 valence electrons. The first-order chi connectivity index (χ1) is 9.70. The van der Waals surface area contributed by atoms with E-state index in [-0.39, 0.29) is 11.3 Å². The molecule has 0 saturated heterocycles. The molecule has 0 aliphatic heterocycles. The normalized spacial score (nSPS) is 15.7. The predicted molar refractivity (Wildman–Crippen MR) is 76.5 cm³/mol. The number of carbonyl (C=O) groups excluding carboxylic acids is 1. The highest BCUT2D eigenvalue weighted by Crippen LogP contribution is 2.47. The van der Waals surface area contributed by atoms with Gasteiger partial charge in [0.1, 0.15) is 5.69 Å². The van der Waals surface area contributed by atoms with Gasteiger partial charge in [-0.15, -0.1) is 0 Å². The first kappa shape index (κ1) is 12.8. The molecular formula is C16H17N3O. The molecule has 4 heteroatoms. The maximum Gasteiger partial charge on any atom is 0.269 e. The first-order valence-electron chi connectivity index (χ1n) is 6.82. The van der Waals surface area contributed by atoms with Crippen LogP contribution in [0.15, 0.2) is 42.7 Å². The Hall–Kier alpha value is -2.23. The van der Waals surface area contributed by atoms with Crippen molar-refractivity contribution in [2.45, 2.75) is 25.2 Å². The van der Waals surface area contributed by atoms with Crippen LogP contribution in [0.25, 0.3) is 0 Å². The van der Waals surface area contributed by atoms with Crippen molar-refractivity contribution in [3.63, 3.8) is 0 Å². The summed E-state index contributed by atoms with van der Waals surface area (Å²) in [6.07, 6.45) is 5.86. The third-order valence-corrected chi connectivity index (χ3v) is 3.84. The van der Waals surface area contributed by atoms with E-state index in [0.29, 0.717) is 12.2 Å². The summed E-state index contributed by atoms with van der Waals surface area (Å²) in [5, 5.41) is 3.00. The molecule has 0 bridgehead atoms. The maximum atomic E-state index is 12.1. The number of carbonyl (C=O) groups is 1. The lowest BCUT2D eigenvalue weighted by molar-refractivity contribution is 0.0944. The zero-order valence-corrected chi connectivity index (χ0v) is 11.5. The average Bonchev–Trinajstić information content (AvgIpc) is 3.27. The number of aromatic nitrogens is 2. The predicted octanol–water partition coefficient (Wildman–Crippen LogP) is 2.25. The van der Waals surface area contributed by atoms with Crippen molar-refractivity contribution >= 4 is 5.91 Å². The second-order valence-electron chi connectivity index (χ2n) is 5.37. The van der Waals surface area contributed by atoms with Gasteiger partial charge in [-0.25, -0.2) is 4.98 Å². The van der Waals surface area contributed by atoms with E-state index in [1.54, 1.807) is 12.3 Å². The molecule has 1 aliphatic carbocycles. The van der Waals surface area contributed by atoms with Gasteiger partial charge < -0.3 is 5.32 Å². The largest absolute Gasteiger partial charge is 0.350 e. The van der Waals surface area contributed by atoms with Crippen LogP contribution in [-0.2, 0) is 5.41 Å². The SMILES string of the molecule is Cc1cccc(C(=O)NCC2(c3cccnc3)CC2)n1. The van der Waals surface area contributed by atoms with Crippen molar-refractivity contribution in [2.24, 2.45) is 0 Å². The minimum absolute atomic E-state index is 0.0771. The van der Waals surface area contributed by atoms with Gasteiger partial charge in [0.2, 0.25) is 0 Å². The van der Waals surface area contributed by atoms with Gasteiger partial charge in [-0.1, -0.05) is 12.1 Å². The number of nitrogens with one attached hydrogen (secondary N) is 1. The molecule has 4 nitrogen and oxygen atoms in total. The van der Waals surface area contributed by atoms with E-state index in [4.69, 9.17) is 0 Å². The average molecular weight is 267 g/mol. The number of amides is 1. The highest BCUT2D eigenvalue weighted by Gasteiger charge is 2.44. The molecule has 0 atom stereocenters. The molecule has 3 rings (SSSR count). The van der Waals surface area contributed by atoms with Crippen molar-refractivity contribution in [3.8, 4) is 0 Å². The third-order valence-electron chi connectivity index (χ3n) is 3.84. The molecule has 0 spiro atoms. The molecule has 1 aliphatic rings. The summed E-state index contributed by atoms with van der Waals surface area (Å²) in [6, 6.07) is 9.50. The Labute approximate surface area is 118 Å². The summed E-state index contributed by atoms with van der Waals surface area (Å²) in [7, 11) is 0. The zero-order valence-electron chi connectivity index (χ0n) is 11.5. The maximum absolute atomic E-state index is 12.1. The van der Waals surface area contributed by atoms with E-state index in [1.165, 1.54) is 5.56 Å². The molecular weight excluding hydrogens is 250 g/mol. The van der Waals surface area contributed by atoms with Crippen molar-refractivity contribution in [1.82, 2.24) is 15.3 Å². The highest BCUT2D eigenvalue weighted by atomic mass is 16.1. The zero-order chi connectivity index (χ0) is 14.0. The number of rotatable bonds is 4. The number of pyridine rings is 2. The molecule has 2 aromatic rings. The highest BCUT2D eigenvalue weighted by molar-refractivity contribution is 5.92. The lowest BCUT2D eigenvalue weighted by Crippen LogP contribution is -2.32. The van der Waals surface area contributed by atoms with Gasteiger partial charge >= 0.3 is 0 Å². The van der Waals surface area contributed by atoms with Crippen LogP contribution in [0, 0.1) is 6.92 Å². The van der Waals surface area contributed by atoms with Crippen LogP contribution in [0.4, 0.5) is 0 Å². The lowest BCUT2D eigenvalue weighted by Gasteiger charge is -2.16. The quantitative estimate of drug-likeness (QED) is 0.924. The van der Waals surface area contributed by atoms with E-state index in [1.807, 2.05) is 31.3 Å². The molecule has 2 aromatic heterocycles. The van der Waals surface area contributed by atoms with E-state index in [0.717, 1.165) is 18.5 Å². The fraction of sp³-hybridized carbons (Fsp3) is 0.312. The topological polar surface area (TPSA) is 54.9 Å². The Bertz CT molecular complexity index is 621. The summed E-state index contributed by atoms with van der Waals surface area (Å²) in [4.78, 5) is 20.5. The van der Waals surface area contributed by atoms with E-state index >= 15 is 0 Å². The molecule has 2 heterocycles. The van der Waals surface area contributed by atoms with Crippen LogP contribution in [-0.4, -0.2) is 22.4 Å². The van der Waals surface area contributed by atoms with Gasteiger partial charge in [-0.2, -0.15) is 0 Å². The Morgan fingerprint density at radius 1 is 1.30 bits per heavy atom. The molecule has 1 amide bonds. The number of hydrogen-bond donors (Lipinski definition) is 1. The first-order valence-corrected chi connectivity index (χ1v) is 6.82. The smallest absolute Gasteiger partial charge is 0.269 e. The minimum atomic E-state index is -0.108. The number of aryl methyl sites for hydroxylation is 1. The van der Waals surface area contributed by atoms with Gasteiger partial charge in [0, 0.05) is 30.0 Å². The second kappa shape index (κ2) is 5.04. The second-order valence-corrected chi connectivity index (χ2v) is 5.37. The molecule has 0 unspecified atom stereocenters. The molecule has 1 fully saturated rings. The molecule has 0 radical (unpaired) electrons. The molecule has 1 N–H and O–H groups in total. The van der Waals surface area contributed by atoms with Gasteiger partial charge in [-0.05, 0) is 43.5 Å². The summed E-state index contributed by atoms with van der Waals surface area (Å²) in [5.74, 6) is -0.108. The fourth-order valence-electron chi connectivity index (χ4n) is 2.40. The third kappa shape index (κ3) is 2.54. The van der Waals surface area contributed by atoms with Crippen LogP contribution in [0.3, 0.4) is 0 Å². The van der Waals surface area contributed by atoms with Crippen LogP contribution >= 0.6 is 0 Å². The van der Waals surface area contributed by atoms with Crippen LogP contribution in [0.1, 0.15) is 34.6 Å². The lowest BCUT2D eigenvalue weighted by atomic mass is 9.98. The van der Waals surface area contributed by atoms with Gasteiger partial charge in [-0.3, -0.25) is 9.78 Å². The van der Waals surface area contributed by atoms with Gasteiger partial charge in [0.15, 0.2) is 0 Å². The summed E-state index contributed by atoms with van der Waals surface area (Å²) in [6.45, 7) is 2.53. The Morgan fingerprint density at radius 2 is 2.15 bits per heavy atom. The van der Waals surface area contributed by atoms with Crippen LogP contribution in [0.5, 0.6) is 0 Å². The summed E-state index contributed by atoms with van der Waals surface area (Å²) in [5.41, 5.74) is 2.61. The number of nitrogens with zero attached hydrogens (tertiary/aromatic N) is 2. The molecule has 20 heavy (non-hydrogen) atoms. The van der Waals surface area contributed by atoms with E-state index in [2.05, 4.69) is 21.4 Å². The van der Waals surface area contributed by atoms with Crippen molar-refractivity contribution in [2.75, 3.05) is 6.54 Å².